The summed E-state index contributed by atoms with van der Waals surface area (Å²) >= 11 is 3.39. The molecule has 0 bridgehead atoms. The summed E-state index contributed by atoms with van der Waals surface area (Å²) in [6, 6.07) is 5.46. The zero-order chi connectivity index (χ0) is 14.7. The summed E-state index contributed by atoms with van der Waals surface area (Å²) in [6.45, 7) is 3.00. The Labute approximate surface area is 132 Å². The number of fused-ring (bicyclic) bond motifs is 1. The number of rotatable bonds is 2. The van der Waals surface area contributed by atoms with Gasteiger partial charge in [0.05, 0.1) is 5.69 Å². The maximum atomic E-state index is 12.2. The Morgan fingerprint density at radius 1 is 1.10 bits per heavy atom. The van der Waals surface area contributed by atoms with Crippen LogP contribution in [0.3, 0.4) is 0 Å². The zero-order valence-electron chi connectivity index (χ0n) is 12.1. The highest BCUT2D eigenvalue weighted by atomic mass is 79.9. The quantitative estimate of drug-likeness (QED) is 0.835. The number of pyridine rings is 1. The third-order valence-corrected chi connectivity index (χ3v) is 4.48. The number of aromatic nitrogens is 2. The molecule has 1 saturated heterocycles. The van der Waals surface area contributed by atoms with Crippen molar-refractivity contribution in [1.29, 1.82) is 0 Å². The van der Waals surface area contributed by atoms with E-state index < -0.39 is 0 Å². The predicted octanol–water partition coefficient (Wildman–Crippen LogP) is 3.22. The molecule has 5 heteroatoms. The highest BCUT2D eigenvalue weighted by Gasteiger charge is 2.11. The second kappa shape index (κ2) is 6.71. The second-order valence-corrected chi connectivity index (χ2v) is 6.62. The molecule has 3 heterocycles. The first-order valence-corrected chi connectivity index (χ1v) is 8.42. The van der Waals surface area contributed by atoms with E-state index in [1.807, 2.05) is 12.1 Å². The summed E-state index contributed by atoms with van der Waals surface area (Å²) in [4.78, 5) is 19.3. The van der Waals surface area contributed by atoms with Gasteiger partial charge in [0.25, 0.3) is 5.56 Å². The highest BCUT2D eigenvalue weighted by Crippen LogP contribution is 2.13. The van der Waals surface area contributed by atoms with Crippen LogP contribution in [0.1, 0.15) is 37.8 Å². The fourth-order valence-electron chi connectivity index (χ4n) is 2.91. The molecule has 0 amide bonds. The molecule has 0 radical (unpaired) electrons. The summed E-state index contributed by atoms with van der Waals surface area (Å²) in [6.07, 6.45) is 8.26. The maximum Gasteiger partial charge on any atom is 0.258 e. The minimum Gasteiger partial charge on any atom is -0.298 e. The molecular weight excluding hydrogens is 330 g/mol. The van der Waals surface area contributed by atoms with E-state index in [9.17, 15) is 4.79 Å². The Balaban J connectivity index is 1.83. The molecule has 3 rings (SSSR count). The largest absolute Gasteiger partial charge is 0.298 e. The van der Waals surface area contributed by atoms with Gasteiger partial charge in [-0.3, -0.25) is 14.1 Å². The lowest BCUT2D eigenvalue weighted by atomic mass is 10.1. The molecular formula is C16H20BrN3O. The van der Waals surface area contributed by atoms with E-state index in [2.05, 4.69) is 25.8 Å². The van der Waals surface area contributed by atoms with Gasteiger partial charge in [0, 0.05) is 23.3 Å². The Hall–Kier alpha value is -1.20. The van der Waals surface area contributed by atoms with E-state index in [1.165, 1.54) is 32.1 Å². The zero-order valence-corrected chi connectivity index (χ0v) is 13.7. The minimum absolute atomic E-state index is 0.0108. The smallest absolute Gasteiger partial charge is 0.258 e. The highest BCUT2D eigenvalue weighted by molar-refractivity contribution is 9.10. The first kappa shape index (κ1) is 14.7. The normalized spacial score (nSPS) is 17.6. The first-order valence-electron chi connectivity index (χ1n) is 7.62. The molecule has 0 atom stereocenters. The monoisotopic (exact) mass is 349 g/mol. The lowest BCUT2D eigenvalue weighted by molar-refractivity contribution is 0.237. The molecule has 21 heavy (non-hydrogen) atoms. The van der Waals surface area contributed by atoms with Gasteiger partial charge >= 0.3 is 0 Å². The molecule has 0 unspecified atom stereocenters. The minimum atomic E-state index is -0.0108. The summed E-state index contributed by atoms with van der Waals surface area (Å²) in [7, 11) is 0. The molecule has 2 aromatic heterocycles. The molecule has 1 aliphatic heterocycles. The van der Waals surface area contributed by atoms with Gasteiger partial charge in [-0.05, 0) is 54.0 Å². The summed E-state index contributed by atoms with van der Waals surface area (Å²) < 4.78 is 2.47. The molecule has 0 saturated carbocycles. The Bertz CT molecular complexity index is 675. The SMILES string of the molecule is O=c1cc(CN2CCCCCCC2)nc2ccc(Br)cn12. The van der Waals surface area contributed by atoms with E-state index in [1.54, 1.807) is 16.7 Å². The number of halogens is 1. The molecule has 1 aliphatic rings. The molecule has 4 nitrogen and oxygen atoms in total. The van der Waals surface area contributed by atoms with Crippen molar-refractivity contribution in [3.05, 3.63) is 44.9 Å². The number of nitrogens with zero attached hydrogens (tertiary/aromatic N) is 3. The third kappa shape index (κ3) is 3.71. The summed E-state index contributed by atoms with van der Waals surface area (Å²) in [5.41, 5.74) is 1.58. The maximum absolute atomic E-state index is 12.2. The van der Waals surface area contributed by atoms with E-state index in [-0.39, 0.29) is 5.56 Å². The lowest BCUT2D eigenvalue weighted by Crippen LogP contribution is -2.28. The van der Waals surface area contributed by atoms with Crippen LogP contribution in [0.25, 0.3) is 5.65 Å². The van der Waals surface area contributed by atoms with Crippen molar-refractivity contribution in [3.8, 4) is 0 Å². The fourth-order valence-corrected chi connectivity index (χ4v) is 3.24. The van der Waals surface area contributed by atoms with Crippen molar-refractivity contribution in [2.24, 2.45) is 0 Å². The molecule has 2 aromatic rings. The molecule has 0 N–H and O–H groups in total. The summed E-state index contributed by atoms with van der Waals surface area (Å²) in [5.74, 6) is 0. The lowest BCUT2D eigenvalue weighted by Gasteiger charge is -2.24. The van der Waals surface area contributed by atoms with Crippen LogP contribution < -0.4 is 5.56 Å². The predicted molar refractivity (Wildman–Crippen MR) is 87.5 cm³/mol. The van der Waals surface area contributed by atoms with Crippen LogP contribution in [-0.4, -0.2) is 27.4 Å². The summed E-state index contributed by atoms with van der Waals surface area (Å²) in [5, 5.41) is 0. The van der Waals surface area contributed by atoms with Crippen LogP contribution in [-0.2, 0) is 6.54 Å². The van der Waals surface area contributed by atoms with Crippen molar-refractivity contribution in [3.63, 3.8) is 0 Å². The van der Waals surface area contributed by atoms with Crippen LogP contribution in [0, 0.1) is 0 Å². The van der Waals surface area contributed by atoms with E-state index in [0.717, 1.165) is 29.8 Å². The first-order chi connectivity index (χ1) is 10.2. The van der Waals surface area contributed by atoms with Gasteiger partial charge in [-0.1, -0.05) is 19.3 Å². The van der Waals surface area contributed by atoms with Crippen LogP contribution in [0.5, 0.6) is 0 Å². The van der Waals surface area contributed by atoms with E-state index in [0.29, 0.717) is 5.65 Å². The second-order valence-electron chi connectivity index (χ2n) is 5.71. The van der Waals surface area contributed by atoms with Crippen molar-refractivity contribution >= 4 is 21.6 Å². The van der Waals surface area contributed by atoms with Gasteiger partial charge in [-0.15, -0.1) is 0 Å². The Kier molecular flexibility index (Phi) is 4.70. The van der Waals surface area contributed by atoms with Gasteiger partial charge in [-0.25, -0.2) is 4.98 Å². The van der Waals surface area contributed by atoms with Gasteiger partial charge in [0.2, 0.25) is 0 Å². The Morgan fingerprint density at radius 3 is 2.57 bits per heavy atom. The number of hydrogen-bond acceptors (Lipinski definition) is 3. The topological polar surface area (TPSA) is 37.6 Å². The van der Waals surface area contributed by atoms with Crippen molar-refractivity contribution in [2.45, 2.75) is 38.6 Å². The fraction of sp³-hybridized carbons (Fsp3) is 0.500. The average molecular weight is 350 g/mol. The standard InChI is InChI=1S/C16H20BrN3O/c17-13-6-7-15-18-14(10-16(21)20(15)11-13)12-19-8-4-2-1-3-5-9-19/h6-7,10-11H,1-5,8-9,12H2. The Morgan fingerprint density at radius 2 is 1.81 bits per heavy atom. The molecule has 0 aliphatic carbocycles. The molecule has 1 fully saturated rings. The van der Waals surface area contributed by atoms with Crippen molar-refractivity contribution in [1.82, 2.24) is 14.3 Å². The van der Waals surface area contributed by atoms with Crippen LogP contribution >= 0.6 is 15.9 Å². The van der Waals surface area contributed by atoms with E-state index in [4.69, 9.17) is 0 Å². The average Bonchev–Trinajstić information content (AvgIpc) is 2.43. The van der Waals surface area contributed by atoms with E-state index >= 15 is 0 Å². The van der Waals surface area contributed by atoms with Crippen molar-refractivity contribution in [2.75, 3.05) is 13.1 Å². The number of hydrogen-bond donors (Lipinski definition) is 0. The van der Waals surface area contributed by atoms with Crippen molar-refractivity contribution < 1.29 is 0 Å². The third-order valence-electron chi connectivity index (χ3n) is 4.01. The van der Waals surface area contributed by atoms with Crippen LogP contribution in [0.4, 0.5) is 0 Å². The van der Waals surface area contributed by atoms with Crippen LogP contribution in [0.2, 0.25) is 0 Å². The number of likely N-dealkylation sites (tertiary alicyclic amines) is 1. The van der Waals surface area contributed by atoms with Gasteiger partial charge < -0.3 is 0 Å². The van der Waals surface area contributed by atoms with Gasteiger partial charge in [0.1, 0.15) is 5.65 Å². The van der Waals surface area contributed by atoms with Gasteiger partial charge in [-0.2, -0.15) is 0 Å². The van der Waals surface area contributed by atoms with Gasteiger partial charge in [0.15, 0.2) is 0 Å². The molecule has 0 aromatic carbocycles. The van der Waals surface area contributed by atoms with Crippen LogP contribution in [0.15, 0.2) is 33.7 Å². The molecule has 0 spiro atoms. The molecule has 112 valence electrons.